The number of carbonyl (C=O) groups is 2. The molecule has 1 aromatic heterocycles. The van der Waals surface area contributed by atoms with Crippen LogP contribution in [0.4, 0.5) is 0 Å². The van der Waals surface area contributed by atoms with Crippen molar-refractivity contribution in [1.29, 1.82) is 0 Å². The molecule has 8 heteroatoms. The van der Waals surface area contributed by atoms with Crippen LogP contribution in [0, 0.1) is 19.8 Å². The number of rotatable bonds is 9. The topological polar surface area (TPSA) is 78.5 Å². The van der Waals surface area contributed by atoms with E-state index in [0.717, 1.165) is 32.7 Å². The summed E-state index contributed by atoms with van der Waals surface area (Å²) in [6, 6.07) is 17.7. The number of hydrogen-bond acceptors (Lipinski definition) is 4. The lowest BCUT2D eigenvalue weighted by Gasteiger charge is -2.39. The molecule has 0 bridgehead atoms. The van der Waals surface area contributed by atoms with E-state index in [1.807, 2.05) is 80.4 Å². The summed E-state index contributed by atoms with van der Waals surface area (Å²) in [5, 5.41) is 7.23. The first-order valence-corrected chi connectivity index (χ1v) is 13.6. The summed E-state index contributed by atoms with van der Waals surface area (Å²) in [5.41, 5.74) is 4.15. The van der Waals surface area contributed by atoms with Crippen molar-refractivity contribution in [3.05, 3.63) is 81.6 Å². The van der Waals surface area contributed by atoms with Gasteiger partial charge in [0.1, 0.15) is 11.9 Å². The predicted molar refractivity (Wildman–Crippen MR) is 147 cm³/mol. The highest BCUT2D eigenvalue weighted by Crippen LogP contribution is 2.28. The summed E-state index contributed by atoms with van der Waals surface area (Å²) in [7, 11) is 1.83. The standard InChI is InChI=1S/C29H35BrN4O3/c1-20-26(21(2)32-31-20)12-13-28(35)34-15-14-27(37-25-11-7-10-24(30)17-25)23(19-34)16-29(36)33(3)18-22-8-5-4-6-9-22/h4-11,17,23,27H,12-16,18-19H2,1-3H3,(H,31,32)/t23-,27-/m0/s1. The van der Waals surface area contributed by atoms with Gasteiger partial charge in [0, 0.05) is 62.0 Å². The predicted octanol–water partition coefficient (Wildman–Crippen LogP) is 5.07. The quantitative estimate of drug-likeness (QED) is 0.392. The fourth-order valence-electron chi connectivity index (χ4n) is 4.96. The average Bonchev–Trinajstić information content (AvgIpc) is 3.21. The maximum Gasteiger partial charge on any atom is 0.223 e. The number of halogens is 1. The Kier molecular flexibility index (Phi) is 9.03. The van der Waals surface area contributed by atoms with E-state index in [0.29, 0.717) is 45.3 Å². The Morgan fingerprint density at radius 3 is 2.65 bits per heavy atom. The third-order valence-corrected chi connectivity index (χ3v) is 7.59. The van der Waals surface area contributed by atoms with Gasteiger partial charge in [0.15, 0.2) is 0 Å². The maximum absolute atomic E-state index is 13.2. The molecule has 1 saturated heterocycles. The Balaban J connectivity index is 1.43. The minimum atomic E-state index is -0.147. The van der Waals surface area contributed by atoms with Crippen molar-refractivity contribution in [2.24, 2.45) is 5.92 Å². The minimum Gasteiger partial charge on any atom is -0.490 e. The second kappa shape index (κ2) is 12.4. The van der Waals surface area contributed by atoms with Gasteiger partial charge in [-0.15, -0.1) is 0 Å². The van der Waals surface area contributed by atoms with E-state index in [1.54, 1.807) is 4.90 Å². The van der Waals surface area contributed by atoms with Crippen molar-refractivity contribution in [3.63, 3.8) is 0 Å². The lowest BCUT2D eigenvalue weighted by Crippen LogP contribution is -2.49. The van der Waals surface area contributed by atoms with E-state index >= 15 is 0 Å². The molecule has 2 heterocycles. The fraction of sp³-hybridized carbons (Fsp3) is 0.414. The molecule has 1 aliphatic heterocycles. The van der Waals surface area contributed by atoms with Crippen molar-refractivity contribution >= 4 is 27.7 Å². The van der Waals surface area contributed by atoms with Crippen LogP contribution in [0.5, 0.6) is 5.75 Å². The van der Waals surface area contributed by atoms with Crippen molar-refractivity contribution in [1.82, 2.24) is 20.0 Å². The largest absolute Gasteiger partial charge is 0.490 e. The summed E-state index contributed by atoms with van der Waals surface area (Å²) in [4.78, 5) is 30.1. The Bertz CT molecular complexity index is 1190. The molecule has 0 spiro atoms. The van der Waals surface area contributed by atoms with E-state index in [2.05, 4.69) is 26.1 Å². The number of H-pyrrole nitrogens is 1. The number of aromatic nitrogens is 2. The van der Waals surface area contributed by atoms with E-state index in [4.69, 9.17) is 4.74 Å². The Hall–Kier alpha value is -3.13. The highest BCUT2D eigenvalue weighted by molar-refractivity contribution is 9.10. The second-order valence-electron chi connectivity index (χ2n) is 9.85. The van der Waals surface area contributed by atoms with Gasteiger partial charge in [0.25, 0.3) is 0 Å². The van der Waals surface area contributed by atoms with Gasteiger partial charge in [0.05, 0.1) is 5.69 Å². The van der Waals surface area contributed by atoms with E-state index < -0.39 is 0 Å². The fourth-order valence-corrected chi connectivity index (χ4v) is 5.34. The van der Waals surface area contributed by atoms with Crippen LogP contribution in [0.1, 0.15) is 41.8 Å². The van der Waals surface area contributed by atoms with Gasteiger partial charge in [0.2, 0.25) is 11.8 Å². The van der Waals surface area contributed by atoms with Crippen LogP contribution >= 0.6 is 15.9 Å². The van der Waals surface area contributed by atoms with E-state index in [9.17, 15) is 9.59 Å². The highest BCUT2D eigenvalue weighted by Gasteiger charge is 2.35. The van der Waals surface area contributed by atoms with Gasteiger partial charge in [-0.25, -0.2) is 0 Å². The van der Waals surface area contributed by atoms with Crippen molar-refractivity contribution in [2.45, 2.75) is 52.2 Å². The smallest absolute Gasteiger partial charge is 0.223 e. The van der Waals surface area contributed by atoms with Gasteiger partial charge in [-0.1, -0.05) is 52.3 Å². The number of amides is 2. The summed E-state index contributed by atoms with van der Waals surface area (Å²) in [5.74, 6) is 0.826. The molecule has 2 aromatic carbocycles. The molecule has 0 aliphatic carbocycles. The number of likely N-dealkylation sites (tertiary alicyclic amines) is 1. The number of nitrogens with one attached hydrogen (secondary N) is 1. The Morgan fingerprint density at radius 1 is 1.16 bits per heavy atom. The molecule has 37 heavy (non-hydrogen) atoms. The summed E-state index contributed by atoms with van der Waals surface area (Å²) < 4.78 is 7.32. The van der Waals surface area contributed by atoms with Crippen LogP contribution in [-0.4, -0.2) is 58.1 Å². The van der Waals surface area contributed by atoms with E-state index in [-0.39, 0.29) is 23.8 Å². The van der Waals surface area contributed by atoms with Crippen LogP contribution in [0.25, 0.3) is 0 Å². The molecule has 0 saturated carbocycles. The maximum atomic E-state index is 13.2. The van der Waals surface area contributed by atoms with Crippen molar-refractivity contribution in [3.8, 4) is 5.75 Å². The molecule has 1 aliphatic rings. The number of benzene rings is 2. The Labute approximate surface area is 227 Å². The van der Waals surface area contributed by atoms with Gasteiger partial charge in [-0.05, 0) is 49.6 Å². The summed E-state index contributed by atoms with van der Waals surface area (Å²) in [6.45, 7) is 5.62. The molecule has 4 rings (SSSR count). The zero-order valence-electron chi connectivity index (χ0n) is 21.7. The molecule has 2 atom stereocenters. The van der Waals surface area contributed by atoms with Crippen LogP contribution in [-0.2, 0) is 22.6 Å². The first-order chi connectivity index (χ1) is 17.8. The number of nitrogens with zero attached hydrogens (tertiary/aromatic N) is 3. The van der Waals surface area contributed by atoms with Crippen LogP contribution in [0.2, 0.25) is 0 Å². The molecular formula is C29H35BrN4O3. The SMILES string of the molecule is Cc1n[nH]c(C)c1CCC(=O)N1CC[C@H](Oc2cccc(Br)c2)[C@@H](CC(=O)N(C)Cc2ccccc2)C1. The van der Waals surface area contributed by atoms with Gasteiger partial charge < -0.3 is 14.5 Å². The normalized spacial score (nSPS) is 17.5. The zero-order chi connectivity index (χ0) is 26.4. The molecule has 1 N–H and O–H groups in total. The third-order valence-electron chi connectivity index (χ3n) is 7.10. The molecule has 3 aromatic rings. The molecule has 0 unspecified atom stereocenters. The molecule has 1 fully saturated rings. The first-order valence-electron chi connectivity index (χ1n) is 12.8. The number of piperidine rings is 1. The van der Waals surface area contributed by atoms with Gasteiger partial charge in [-0.3, -0.25) is 14.7 Å². The Morgan fingerprint density at radius 2 is 1.95 bits per heavy atom. The summed E-state index contributed by atoms with van der Waals surface area (Å²) in [6.07, 6.45) is 1.94. The molecular weight excluding hydrogens is 532 g/mol. The molecule has 196 valence electrons. The number of ether oxygens (including phenoxy) is 1. The minimum absolute atomic E-state index is 0.0515. The number of carbonyl (C=O) groups excluding carboxylic acids is 2. The lowest BCUT2D eigenvalue weighted by atomic mass is 9.90. The van der Waals surface area contributed by atoms with Gasteiger partial charge in [-0.2, -0.15) is 5.10 Å². The average molecular weight is 568 g/mol. The number of aryl methyl sites for hydroxylation is 2. The monoisotopic (exact) mass is 566 g/mol. The third kappa shape index (κ3) is 7.22. The summed E-state index contributed by atoms with van der Waals surface area (Å²) >= 11 is 3.50. The molecule has 0 radical (unpaired) electrons. The van der Waals surface area contributed by atoms with Gasteiger partial charge >= 0.3 is 0 Å². The highest BCUT2D eigenvalue weighted by atomic mass is 79.9. The van der Waals surface area contributed by atoms with Crippen molar-refractivity contribution < 1.29 is 14.3 Å². The van der Waals surface area contributed by atoms with Crippen molar-refractivity contribution in [2.75, 3.05) is 20.1 Å². The van der Waals surface area contributed by atoms with Crippen LogP contribution in [0.15, 0.2) is 59.1 Å². The van der Waals surface area contributed by atoms with Crippen LogP contribution in [0.3, 0.4) is 0 Å². The zero-order valence-corrected chi connectivity index (χ0v) is 23.3. The second-order valence-corrected chi connectivity index (χ2v) is 10.8. The van der Waals surface area contributed by atoms with Crippen LogP contribution < -0.4 is 4.74 Å². The number of aromatic amines is 1. The van der Waals surface area contributed by atoms with E-state index in [1.165, 1.54) is 0 Å². The molecule has 2 amide bonds. The first kappa shape index (κ1) is 26.9. The molecule has 7 nitrogen and oxygen atoms in total. The lowest BCUT2D eigenvalue weighted by molar-refractivity contribution is -0.138. The number of hydrogen-bond donors (Lipinski definition) is 1.